The summed E-state index contributed by atoms with van der Waals surface area (Å²) in [7, 11) is -0.570. The summed E-state index contributed by atoms with van der Waals surface area (Å²) in [5, 5.41) is 0. The Bertz CT molecular complexity index is 1000. The zero-order chi connectivity index (χ0) is 21.2. The third-order valence-electron chi connectivity index (χ3n) is 5.03. The molecular weight excluding hydrogens is 397 g/mol. The Morgan fingerprint density at radius 2 is 1.76 bits per heavy atom. The Labute approximate surface area is 170 Å². The molecule has 1 heterocycles. The van der Waals surface area contributed by atoms with Gasteiger partial charge >= 0.3 is 0 Å². The number of piperazine rings is 1. The summed E-state index contributed by atoms with van der Waals surface area (Å²) < 4.78 is 44.1. The first-order valence-electron chi connectivity index (χ1n) is 9.13. The van der Waals surface area contributed by atoms with Gasteiger partial charge in [0.05, 0.1) is 30.3 Å². The number of hydrogen-bond acceptors (Lipinski definition) is 5. The summed E-state index contributed by atoms with van der Waals surface area (Å²) in [5.41, 5.74) is 1.19. The molecule has 2 aromatic rings. The number of methoxy groups -OCH3 is 1. The number of para-hydroxylation sites is 1. The number of benzene rings is 2. The molecule has 0 aliphatic carbocycles. The lowest BCUT2D eigenvalue weighted by Gasteiger charge is -2.36. The quantitative estimate of drug-likeness (QED) is 0.740. The molecule has 1 aliphatic rings. The number of carbonyl (C=O) groups excluding carboxylic acids is 1. The van der Waals surface area contributed by atoms with Gasteiger partial charge in [0.2, 0.25) is 10.0 Å². The van der Waals surface area contributed by atoms with Gasteiger partial charge in [-0.05, 0) is 30.3 Å². The average Bonchev–Trinajstić information content (AvgIpc) is 2.72. The van der Waals surface area contributed by atoms with Crippen molar-refractivity contribution < 1.29 is 22.3 Å². The summed E-state index contributed by atoms with van der Waals surface area (Å²) in [5.74, 6) is -0.165. The first-order valence-corrected chi connectivity index (χ1v) is 11.0. The predicted molar refractivity (Wildman–Crippen MR) is 111 cm³/mol. The van der Waals surface area contributed by atoms with Gasteiger partial charge in [-0.25, -0.2) is 12.8 Å². The van der Waals surface area contributed by atoms with Crippen LogP contribution in [0, 0.1) is 5.82 Å². The highest BCUT2D eigenvalue weighted by Crippen LogP contribution is 2.28. The molecule has 0 unspecified atom stereocenters. The molecule has 2 aromatic carbocycles. The third-order valence-corrected chi connectivity index (χ3v) is 6.24. The van der Waals surface area contributed by atoms with Crippen molar-refractivity contribution in [3.05, 3.63) is 53.8 Å². The van der Waals surface area contributed by atoms with Gasteiger partial charge in [0.1, 0.15) is 11.6 Å². The number of hydrogen-bond donors (Lipinski definition) is 0. The second kappa shape index (κ2) is 8.28. The first kappa shape index (κ1) is 20.9. The number of amides is 1. The molecule has 0 saturated carbocycles. The van der Waals surface area contributed by atoms with Gasteiger partial charge in [0.15, 0.2) is 0 Å². The lowest BCUT2D eigenvalue weighted by Crippen LogP contribution is -2.49. The molecule has 0 radical (unpaired) electrons. The Kier molecular flexibility index (Phi) is 5.97. The molecule has 1 amide bonds. The van der Waals surface area contributed by atoms with Crippen molar-refractivity contribution in [1.82, 2.24) is 4.90 Å². The fraction of sp³-hybridized carbons (Fsp3) is 0.350. The monoisotopic (exact) mass is 421 g/mol. The minimum Gasteiger partial charge on any atom is -0.496 e. The van der Waals surface area contributed by atoms with Crippen LogP contribution in [0.4, 0.5) is 15.8 Å². The SMILES string of the molecule is COc1ccc(N(C)S(C)(=O)=O)cc1C(=O)N1CCN(c2ccccc2F)CC1. The van der Waals surface area contributed by atoms with Gasteiger partial charge in [-0.3, -0.25) is 9.10 Å². The van der Waals surface area contributed by atoms with Crippen molar-refractivity contribution in [1.29, 1.82) is 0 Å². The van der Waals surface area contributed by atoms with E-state index in [2.05, 4.69) is 0 Å². The van der Waals surface area contributed by atoms with Crippen molar-refractivity contribution in [2.75, 3.05) is 55.8 Å². The minimum absolute atomic E-state index is 0.251. The van der Waals surface area contributed by atoms with Crippen LogP contribution in [0.3, 0.4) is 0 Å². The maximum atomic E-state index is 14.0. The van der Waals surface area contributed by atoms with E-state index in [1.807, 2.05) is 4.90 Å². The van der Waals surface area contributed by atoms with Crippen LogP contribution in [-0.2, 0) is 10.0 Å². The second-order valence-electron chi connectivity index (χ2n) is 6.85. The van der Waals surface area contributed by atoms with Gasteiger partial charge in [0, 0.05) is 33.2 Å². The average molecular weight is 421 g/mol. The number of ether oxygens (including phenoxy) is 1. The second-order valence-corrected chi connectivity index (χ2v) is 8.86. The van der Waals surface area contributed by atoms with Crippen LogP contribution in [0.15, 0.2) is 42.5 Å². The Morgan fingerprint density at radius 1 is 1.10 bits per heavy atom. The van der Waals surface area contributed by atoms with E-state index in [4.69, 9.17) is 4.74 Å². The summed E-state index contributed by atoms with van der Waals surface area (Å²) >= 11 is 0. The molecule has 156 valence electrons. The molecule has 1 fully saturated rings. The number of rotatable bonds is 5. The number of halogens is 1. The Hall–Kier alpha value is -2.81. The van der Waals surface area contributed by atoms with Gasteiger partial charge < -0.3 is 14.5 Å². The van der Waals surface area contributed by atoms with E-state index in [0.29, 0.717) is 48.9 Å². The molecule has 0 atom stereocenters. The minimum atomic E-state index is -3.46. The molecule has 1 saturated heterocycles. The van der Waals surface area contributed by atoms with Crippen molar-refractivity contribution in [2.45, 2.75) is 0 Å². The molecule has 0 bridgehead atoms. The fourth-order valence-corrected chi connectivity index (χ4v) is 3.78. The van der Waals surface area contributed by atoms with Crippen molar-refractivity contribution in [2.24, 2.45) is 0 Å². The molecule has 9 heteroatoms. The lowest BCUT2D eigenvalue weighted by atomic mass is 10.1. The highest BCUT2D eigenvalue weighted by molar-refractivity contribution is 7.92. The van der Waals surface area contributed by atoms with Crippen molar-refractivity contribution in [3.63, 3.8) is 0 Å². The maximum absolute atomic E-state index is 14.0. The fourth-order valence-electron chi connectivity index (χ4n) is 3.28. The lowest BCUT2D eigenvalue weighted by molar-refractivity contribution is 0.0743. The van der Waals surface area contributed by atoms with Crippen LogP contribution in [0.25, 0.3) is 0 Å². The number of sulfonamides is 1. The van der Waals surface area contributed by atoms with Crippen LogP contribution >= 0.6 is 0 Å². The normalized spacial score (nSPS) is 14.6. The van der Waals surface area contributed by atoms with Crippen LogP contribution in [0.5, 0.6) is 5.75 Å². The van der Waals surface area contributed by atoms with Crippen LogP contribution < -0.4 is 13.9 Å². The molecular formula is C20H24FN3O4S. The van der Waals surface area contributed by atoms with E-state index in [0.717, 1.165) is 10.6 Å². The highest BCUT2D eigenvalue weighted by atomic mass is 32.2. The van der Waals surface area contributed by atoms with Gasteiger partial charge in [0.25, 0.3) is 5.91 Å². The maximum Gasteiger partial charge on any atom is 0.257 e. The number of anilines is 2. The Balaban J connectivity index is 1.79. The molecule has 0 N–H and O–H groups in total. The zero-order valence-corrected chi connectivity index (χ0v) is 17.4. The zero-order valence-electron chi connectivity index (χ0n) is 16.6. The van der Waals surface area contributed by atoms with E-state index in [1.54, 1.807) is 35.2 Å². The number of carbonyl (C=O) groups is 1. The summed E-state index contributed by atoms with van der Waals surface area (Å²) in [6, 6.07) is 11.3. The topological polar surface area (TPSA) is 70.2 Å². The van der Waals surface area contributed by atoms with Crippen LogP contribution in [0.1, 0.15) is 10.4 Å². The van der Waals surface area contributed by atoms with E-state index < -0.39 is 10.0 Å². The highest BCUT2D eigenvalue weighted by Gasteiger charge is 2.26. The number of nitrogens with zero attached hydrogens (tertiary/aromatic N) is 3. The molecule has 0 spiro atoms. The van der Waals surface area contributed by atoms with Gasteiger partial charge in [-0.15, -0.1) is 0 Å². The molecule has 3 rings (SSSR count). The van der Waals surface area contributed by atoms with Gasteiger partial charge in [-0.2, -0.15) is 0 Å². The molecule has 1 aliphatic heterocycles. The first-order chi connectivity index (χ1) is 13.7. The Morgan fingerprint density at radius 3 is 2.34 bits per heavy atom. The van der Waals surface area contributed by atoms with Crippen LogP contribution in [0.2, 0.25) is 0 Å². The van der Waals surface area contributed by atoms with E-state index >= 15 is 0 Å². The van der Waals surface area contributed by atoms with Crippen molar-refractivity contribution >= 4 is 27.3 Å². The third kappa shape index (κ3) is 4.45. The van der Waals surface area contributed by atoms with E-state index in [9.17, 15) is 17.6 Å². The smallest absolute Gasteiger partial charge is 0.257 e. The van der Waals surface area contributed by atoms with Crippen molar-refractivity contribution in [3.8, 4) is 5.75 Å². The van der Waals surface area contributed by atoms with E-state index in [1.165, 1.54) is 26.3 Å². The molecule has 0 aromatic heterocycles. The summed E-state index contributed by atoms with van der Waals surface area (Å²) in [6.45, 7) is 1.83. The predicted octanol–water partition coefficient (Wildman–Crippen LogP) is 2.19. The van der Waals surface area contributed by atoms with Crippen LogP contribution in [-0.4, -0.2) is 65.8 Å². The largest absolute Gasteiger partial charge is 0.496 e. The standard InChI is InChI=1S/C20H24FN3O4S/c1-22(29(3,26)27)15-8-9-19(28-2)16(14-15)20(25)24-12-10-23(11-13-24)18-7-5-4-6-17(18)21/h4-9,14H,10-13H2,1-3H3. The summed E-state index contributed by atoms with van der Waals surface area (Å²) in [4.78, 5) is 16.7. The molecule has 29 heavy (non-hydrogen) atoms. The van der Waals surface area contributed by atoms with E-state index in [-0.39, 0.29) is 11.7 Å². The molecule has 7 nitrogen and oxygen atoms in total. The summed E-state index contributed by atoms with van der Waals surface area (Å²) in [6.07, 6.45) is 1.10. The van der Waals surface area contributed by atoms with Gasteiger partial charge in [-0.1, -0.05) is 12.1 Å².